The summed E-state index contributed by atoms with van der Waals surface area (Å²) in [6.07, 6.45) is 0. The van der Waals surface area contributed by atoms with Gasteiger partial charge in [0.25, 0.3) is 0 Å². The summed E-state index contributed by atoms with van der Waals surface area (Å²) in [6.45, 7) is 1.44. The zero-order valence-corrected chi connectivity index (χ0v) is 15.8. The molecule has 0 aliphatic heterocycles. The van der Waals surface area contributed by atoms with Crippen molar-refractivity contribution >= 4 is 57.6 Å². The number of halogens is 1. The van der Waals surface area contributed by atoms with Gasteiger partial charge in [0.05, 0.1) is 16.8 Å². The summed E-state index contributed by atoms with van der Waals surface area (Å²) >= 11 is 7.34. The minimum Gasteiger partial charge on any atom is -0.326 e. The molecule has 0 aliphatic rings. The molecule has 3 rings (SSSR count). The van der Waals surface area contributed by atoms with Crippen LogP contribution in [0.2, 0.25) is 5.02 Å². The first-order valence-electron chi connectivity index (χ1n) is 7.84. The fraction of sp³-hybridized carbons (Fsp3) is 0.167. The molecule has 0 aliphatic carbocycles. The monoisotopic (exact) mass is 388 g/mol. The number of amides is 2. The molecule has 1 aromatic heterocycles. The predicted octanol–water partition coefficient (Wildman–Crippen LogP) is 3.92. The van der Waals surface area contributed by atoms with Crippen LogP contribution in [-0.2, 0) is 16.6 Å². The highest BCUT2D eigenvalue weighted by atomic mass is 35.5. The Bertz CT molecular complexity index is 986. The van der Waals surface area contributed by atoms with Crippen LogP contribution >= 0.6 is 23.4 Å². The highest BCUT2D eigenvalue weighted by Gasteiger charge is 2.11. The van der Waals surface area contributed by atoms with E-state index in [1.807, 2.05) is 23.7 Å². The molecule has 3 aromatic rings. The van der Waals surface area contributed by atoms with E-state index in [1.165, 1.54) is 18.7 Å². The number of carbonyl (C=O) groups is 2. The van der Waals surface area contributed by atoms with Gasteiger partial charge in [0.15, 0.2) is 5.16 Å². The third-order valence-corrected chi connectivity index (χ3v) is 4.87. The summed E-state index contributed by atoms with van der Waals surface area (Å²) in [4.78, 5) is 27.8. The lowest BCUT2D eigenvalue weighted by atomic mass is 10.2. The van der Waals surface area contributed by atoms with E-state index in [0.717, 1.165) is 16.2 Å². The van der Waals surface area contributed by atoms with Gasteiger partial charge in [-0.3, -0.25) is 9.59 Å². The van der Waals surface area contributed by atoms with Gasteiger partial charge in [-0.25, -0.2) is 4.98 Å². The van der Waals surface area contributed by atoms with E-state index in [1.54, 1.807) is 30.3 Å². The molecule has 26 heavy (non-hydrogen) atoms. The smallest absolute Gasteiger partial charge is 0.234 e. The topological polar surface area (TPSA) is 76.0 Å². The lowest BCUT2D eigenvalue weighted by molar-refractivity contribution is -0.114. The number of fused-ring (bicyclic) bond motifs is 1. The van der Waals surface area contributed by atoms with Crippen LogP contribution in [-0.4, -0.2) is 27.1 Å². The molecule has 0 spiro atoms. The van der Waals surface area contributed by atoms with E-state index < -0.39 is 0 Å². The number of anilines is 2. The van der Waals surface area contributed by atoms with Crippen molar-refractivity contribution < 1.29 is 9.59 Å². The number of nitrogens with one attached hydrogen (secondary N) is 2. The maximum absolute atomic E-state index is 12.2. The van der Waals surface area contributed by atoms with Gasteiger partial charge in [0, 0.05) is 30.4 Å². The van der Waals surface area contributed by atoms with Crippen molar-refractivity contribution in [2.24, 2.45) is 7.05 Å². The lowest BCUT2D eigenvalue weighted by Gasteiger charge is -2.08. The molecule has 2 amide bonds. The number of thioether (sulfide) groups is 1. The fourth-order valence-corrected chi connectivity index (χ4v) is 3.44. The maximum atomic E-state index is 12.2. The van der Waals surface area contributed by atoms with E-state index in [0.29, 0.717) is 16.4 Å². The van der Waals surface area contributed by atoms with Gasteiger partial charge in [-0.2, -0.15) is 0 Å². The van der Waals surface area contributed by atoms with Crippen molar-refractivity contribution in [2.45, 2.75) is 12.1 Å². The van der Waals surface area contributed by atoms with Crippen LogP contribution in [0, 0.1) is 0 Å². The summed E-state index contributed by atoms with van der Waals surface area (Å²) in [5.41, 5.74) is 3.01. The average Bonchev–Trinajstić information content (AvgIpc) is 2.88. The lowest BCUT2D eigenvalue weighted by Crippen LogP contribution is -2.15. The van der Waals surface area contributed by atoms with Crippen LogP contribution in [0.4, 0.5) is 11.4 Å². The molecule has 0 saturated heterocycles. The number of hydrogen-bond acceptors (Lipinski definition) is 4. The zero-order chi connectivity index (χ0) is 18.7. The summed E-state index contributed by atoms with van der Waals surface area (Å²) in [5, 5.41) is 6.87. The standard InChI is InChI=1S/C18H17ClN4O2S/c1-11(24)20-13-4-3-5-14(9-13)21-17(25)10-26-18-22-15-8-12(19)6-7-16(15)23(18)2/h3-9H,10H2,1-2H3,(H,20,24)(H,21,25). The number of benzene rings is 2. The molecule has 0 bridgehead atoms. The largest absolute Gasteiger partial charge is 0.326 e. The molecular weight excluding hydrogens is 372 g/mol. The molecule has 2 aromatic carbocycles. The first-order chi connectivity index (χ1) is 12.4. The summed E-state index contributed by atoms with van der Waals surface area (Å²) < 4.78 is 1.93. The quantitative estimate of drug-likeness (QED) is 0.649. The van der Waals surface area contributed by atoms with Gasteiger partial charge < -0.3 is 15.2 Å². The summed E-state index contributed by atoms with van der Waals surface area (Å²) in [6, 6.07) is 12.5. The number of aromatic nitrogens is 2. The number of hydrogen-bond donors (Lipinski definition) is 2. The molecule has 2 N–H and O–H groups in total. The second-order valence-electron chi connectivity index (χ2n) is 5.69. The Morgan fingerprint density at radius 1 is 1.15 bits per heavy atom. The SMILES string of the molecule is CC(=O)Nc1cccc(NC(=O)CSc2nc3cc(Cl)ccc3n2C)c1. The summed E-state index contributed by atoms with van der Waals surface area (Å²) in [7, 11) is 1.90. The number of rotatable bonds is 5. The van der Waals surface area contributed by atoms with Crippen LogP contribution < -0.4 is 10.6 Å². The van der Waals surface area contributed by atoms with E-state index >= 15 is 0 Å². The van der Waals surface area contributed by atoms with Crippen LogP contribution in [0.15, 0.2) is 47.6 Å². The first-order valence-corrected chi connectivity index (χ1v) is 9.21. The van der Waals surface area contributed by atoms with Gasteiger partial charge in [0.1, 0.15) is 0 Å². The molecule has 6 nitrogen and oxygen atoms in total. The van der Waals surface area contributed by atoms with Crippen LogP contribution in [0.5, 0.6) is 0 Å². The van der Waals surface area contributed by atoms with Gasteiger partial charge >= 0.3 is 0 Å². The molecule has 0 unspecified atom stereocenters. The molecule has 134 valence electrons. The average molecular weight is 389 g/mol. The minimum absolute atomic E-state index is 0.153. The van der Waals surface area contributed by atoms with E-state index in [4.69, 9.17) is 11.6 Å². The molecule has 1 heterocycles. The van der Waals surface area contributed by atoms with Crippen molar-refractivity contribution in [3.63, 3.8) is 0 Å². The molecule has 0 saturated carbocycles. The Labute approximate surface area is 159 Å². The minimum atomic E-state index is -0.161. The van der Waals surface area contributed by atoms with Crippen molar-refractivity contribution in [2.75, 3.05) is 16.4 Å². The third kappa shape index (κ3) is 4.36. The van der Waals surface area contributed by atoms with Gasteiger partial charge in [-0.05, 0) is 36.4 Å². The Balaban J connectivity index is 1.64. The van der Waals surface area contributed by atoms with E-state index in [-0.39, 0.29) is 17.6 Å². The van der Waals surface area contributed by atoms with Crippen molar-refractivity contribution in [1.29, 1.82) is 0 Å². The van der Waals surface area contributed by atoms with Crippen LogP contribution in [0.3, 0.4) is 0 Å². The van der Waals surface area contributed by atoms with Gasteiger partial charge in [0.2, 0.25) is 11.8 Å². The molecule has 8 heteroatoms. The second-order valence-corrected chi connectivity index (χ2v) is 7.06. The highest BCUT2D eigenvalue weighted by molar-refractivity contribution is 7.99. The third-order valence-electron chi connectivity index (χ3n) is 3.60. The maximum Gasteiger partial charge on any atom is 0.234 e. The fourth-order valence-electron chi connectivity index (χ4n) is 2.49. The molecule has 0 fully saturated rings. The first kappa shape index (κ1) is 18.3. The molecule has 0 atom stereocenters. The predicted molar refractivity (Wildman–Crippen MR) is 106 cm³/mol. The Morgan fingerprint density at radius 3 is 2.62 bits per heavy atom. The summed E-state index contributed by atoms with van der Waals surface area (Å²) in [5.74, 6) is -0.0963. The second kappa shape index (κ2) is 7.80. The highest BCUT2D eigenvalue weighted by Crippen LogP contribution is 2.25. The number of carbonyl (C=O) groups excluding carboxylic acids is 2. The van der Waals surface area contributed by atoms with E-state index in [2.05, 4.69) is 15.6 Å². The van der Waals surface area contributed by atoms with Crippen molar-refractivity contribution in [1.82, 2.24) is 9.55 Å². The number of imidazole rings is 1. The van der Waals surface area contributed by atoms with Crippen molar-refractivity contribution in [3.8, 4) is 0 Å². The normalized spacial score (nSPS) is 10.7. The van der Waals surface area contributed by atoms with Crippen LogP contribution in [0.1, 0.15) is 6.92 Å². The van der Waals surface area contributed by atoms with Gasteiger partial charge in [-0.15, -0.1) is 0 Å². The van der Waals surface area contributed by atoms with Crippen LogP contribution in [0.25, 0.3) is 11.0 Å². The van der Waals surface area contributed by atoms with Crippen molar-refractivity contribution in [3.05, 3.63) is 47.5 Å². The number of nitrogens with zero attached hydrogens (tertiary/aromatic N) is 2. The Morgan fingerprint density at radius 2 is 1.88 bits per heavy atom. The Kier molecular flexibility index (Phi) is 5.49. The van der Waals surface area contributed by atoms with E-state index in [9.17, 15) is 9.59 Å². The Hall–Kier alpha value is -2.51. The zero-order valence-electron chi connectivity index (χ0n) is 14.2. The molecular formula is C18H17ClN4O2S. The molecule has 0 radical (unpaired) electrons. The number of aryl methyl sites for hydroxylation is 1. The van der Waals surface area contributed by atoms with Gasteiger partial charge in [-0.1, -0.05) is 29.4 Å².